The van der Waals surface area contributed by atoms with E-state index in [4.69, 9.17) is 18.9 Å². The van der Waals surface area contributed by atoms with E-state index < -0.39 is 86.8 Å². The van der Waals surface area contributed by atoms with E-state index in [0.29, 0.717) is 6.42 Å². The molecule has 0 radical (unpaired) electrons. The van der Waals surface area contributed by atoms with Crippen LogP contribution in [0.2, 0.25) is 0 Å². The maximum atomic E-state index is 12.9. The van der Waals surface area contributed by atoms with Gasteiger partial charge in [0.05, 0.1) is 32.0 Å². The van der Waals surface area contributed by atoms with Crippen LogP contribution in [0, 0.1) is 0 Å². The van der Waals surface area contributed by atoms with Crippen molar-refractivity contribution >= 4 is 5.91 Å². The van der Waals surface area contributed by atoms with Gasteiger partial charge in [-0.3, -0.25) is 4.79 Å². The van der Waals surface area contributed by atoms with Crippen molar-refractivity contribution in [3.8, 4) is 0 Å². The summed E-state index contributed by atoms with van der Waals surface area (Å²) in [7, 11) is 0. The normalized spacial score (nSPS) is 26.8. The van der Waals surface area contributed by atoms with Crippen molar-refractivity contribution in [3.05, 3.63) is 12.2 Å². The van der Waals surface area contributed by atoms with Gasteiger partial charge in [-0.15, -0.1) is 0 Å². The molecule has 2 heterocycles. The molecule has 0 spiro atoms. The third-order valence-corrected chi connectivity index (χ3v) is 13.5. The number of rotatable bonds is 42. The molecule has 2 aliphatic heterocycles. The second-order valence-corrected chi connectivity index (χ2v) is 19.4. The molecule has 9 N–H and O–H groups in total. The van der Waals surface area contributed by atoms with Crippen LogP contribution in [0.5, 0.6) is 0 Å². The topological polar surface area (TPSA) is 228 Å². The van der Waals surface area contributed by atoms with Crippen LogP contribution < -0.4 is 5.32 Å². The minimum atomic E-state index is -1.78. The summed E-state index contributed by atoms with van der Waals surface area (Å²) >= 11 is 0. The molecule has 12 atom stereocenters. The highest BCUT2D eigenvalue weighted by molar-refractivity contribution is 5.76. The molecule has 66 heavy (non-hydrogen) atoms. The molecule has 2 rings (SSSR count). The maximum Gasteiger partial charge on any atom is 0.220 e. The van der Waals surface area contributed by atoms with Crippen LogP contribution in [0.15, 0.2) is 12.2 Å². The standard InChI is InChI=1S/C52H99NO13/c1-3-5-7-9-10-11-12-13-14-15-16-17-18-19-20-21-22-23-24-25-26-27-28-29-30-32-33-35-41(56)40(53-44(57)36-34-31-8-6-4-2)39-63-51-49(62)47(60)50(43(38-55)65-51)66-52-48(61)46(59)45(58)42(37-54)64-52/h33,35,40-43,45-52,54-56,58-62H,3-32,34,36-39H2,1-2H3,(H,53,57)/b35-33+. The molecule has 14 heteroatoms. The molecule has 390 valence electrons. The van der Waals surface area contributed by atoms with E-state index in [1.54, 1.807) is 6.08 Å². The fourth-order valence-electron chi connectivity index (χ4n) is 9.06. The van der Waals surface area contributed by atoms with Gasteiger partial charge in [0.15, 0.2) is 12.6 Å². The van der Waals surface area contributed by atoms with Crippen LogP contribution in [-0.4, -0.2) is 140 Å². The number of nitrogens with one attached hydrogen (secondary N) is 1. The molecule has 2 fully saturated rings. The summed E-state index contributed by atoms with van der Waals surface area (Å²) in [6.45, 7) is 2.70. The van der Waals surface area contributed by atoms with Gasteiger partial charge in [-0.05, 0) is 19.3 Å². The van der Waals surface area contributed by atoms with Gasteiger partial charge in [-0.1, -0.05) is 206 Å². The van der Waals surface area contributed by atoms with Crippen molar-refractivity contribution in [2.45, 2.75) is 293 Å². The van der Waals surface area contributed by atoms with Crippen molar-refractivity contribution in [1.82, 2.24) is 5.32 Å². The first-order valence-electron chi connectivity index (χ1n) is 26.9. The number of aliphatic hydroxyl groups is 8. The van der Waals surface area contributed by atoms with Gasteiger partial charge in [-0.25, -0.2) is 0 Å². The van der Waals surface area contributed by atoms with E-state index in [1.807, 2.05) is 6.08 Å². The number of allylic oxidation sites excluding steroid dienone is 1. The Morgan fingerprint density at radius 1 is 0.530 bits per heavy atom. The molecule has 0 saturated carbocycles. The van der Waals surface area contributed by atoms with Gasteiger partial charge in [0.1, 0.15) is 48.8 Å². The molecule has 1 amide bonds. The monoisotopic (exact) mass is 946 g/mol. The molecule has 0 bridgehead atoms. The van der Waals surface area contributed by atoms with Gasteiger partial charge in [0, 0.05) is 6.42 Å². The Balaban J connectivity index is 1.65. The smallest absolute Gasteiger partial charge is 0.220 e. The van der Waals surface area contributed by atoms with E-state index in [2.05, 4.69) is 19.2 Å². The summed E-state index contributed by atoms with van der Waals surface area (Å²) in [6.07, 6.45) is 26.2. The van der Waals surface area contributed by atoms with Crippen LogP contribution in [0.25, 0.3) is 0 Å². The Morgan fingerprint density at radius 3 is 1.39 bits per heavy atom. The lowest BCUT2D eigenvalue weighted by Gasteiger charge is -2.46. The minimum Gasteiger partial charge on any atom is -0.394 e. The summed E-state index contributed by atoms with van der Waals surface area (Å²) in [6, 6.07) is -0.905. The third kappa shape index (κ3) is 26.1. The summed E-state index contributed by atoms with van der Waals surface area (Å²) in [5.74, 6) is -0.251. The van der Waals surface area contributed by atoms with E-state index in [1.165, 1.54) is 148 Å². The lowest BCUT2D eigenvalue weighted by Crippen LogP contribution is -2.65. The van der Waals surface area contributed by atoms with Crippen LogP contribution in [0.4, 0.5) is 0 Å². The van der Waals surface area contributed by atoms with E-state index in [9.17, 15) is 45.6 Å². The quantitative estimate of drug-likeness (QED) is 0.0213. The van der Waals surface area contributed by atoms with Gasteiger partial charge in [0.25, 0.3) is 0 Å². The summed E-state index contributed by atoms with van der Waals surface area (Å²) < 4.78 is 22.6. The van der Waals surface area contributed by atoms with Crippen molar-refractivity contribution in [3.63, 3.8) is 0 Å². The number of aliphatic hydroxyl groups excluding tert-OH is 8. The first kappa shape index (κ1) is 60.9. The van der Waals surface area contributed by atoms with Crippen molar-refractivity contribution < 1.29 is 64.6 Å². The summed E-state index contributed by atoms with van der Waals surface area (Å²) in [4.78, 5) is 12.9. The van der Waals surface area contributed by atoms with Crippen molar-refractivity contribution in [2.75, 3.05) is 19.8 Å². The Kier molecular flexibility index (Phi) is 36.4. The predicted octanol–water partition coefficient (Wildman–Crippen LogP) is 7.55. The Bertz CT molecular complexity index is 1160. The van der Waals surface area contributed by atoms with Crippen LogP contribution in [0.3, 0.4) is 0 Å². The number of amides is 1. The SMILES string of the molecule is CCCCCCCCCCCCCCCCCCCCCCCCCCC/C=C/C(O)C(COC1OC(CO)C(OC2OC(CO)C(O)C(O)C2O)C(O)C1O)NC(=O)CCCCCCC. The molecule has 14 nitrogen and oxygen atoms in total. The third-order valence-electron chi connectivity index (χ3n) is 13.5. The first-order valence-corrected chi connectivity index (χ1v) is 26.9. The number of hydrogen-bond acceptors (Lipinski definition) is 13. The number of ether oxygens (including phenoxy) is 4. The Morgan fingerprint density at radius 2 is 0.939 bits per heavy atom. The summed E-state index contributed by atoms with van der Waals surface area (Å²) in [5.41, 5.74) is 0. The van der Waals surface area contributed by atoms with E-state index >= 15 is 0 Å². The zero-order valence-electron chi connectivity index (χ0n) is 41.5. The second kappa shape index (κ2) is 39.5. The fourth-order valence-corrected chi connectivity index (χ4v) is 9.06. The average molecular weight is 946 g/mol. The largest absolute Gasteiger partial charge is 0.394 e. The average Bonchev–Trinajstić information content (AvgIpc) is 3.31. The molecule has 0 aromatic heterocycles. The molecule has 2 aliphatic rings. The van der Waals surface area contributed by atoms with Crippen LogP contribution in [0.1, 0.15) is 219 Å². The molecule has 12 unspecified atom stereocenters. The Labute approximate surface area is 399 Å². The van der Waals surface area contributed by atoms with E-state index in [0.717, 1.165) is 44.9 Å². The highest BCUT2D eigenvalue weighted by atomic mass is 16.7. The van der Waals surface area contributed by atoms with Crippen LogP contribution in [-0.2, 0) is 23.7 Å². The fraction of sp³-hybridized carbons (Fsp3) is 0.942. The number of carbonyl (C=O) groups is 1. The maximum absolute atomic E-state index is 12.9. The lowest BCUT2D eigenvalue weighted by molar-refractivity contribution is -0.359. The zero-order valence-corrected chi connectivity index (χ0v) is 41.5. The highest BCUT2D eigenvalue weighted by Crippen LogP contribution is 2.30. The molecule has 0 aromatic carbocycles. The molecule has 0 aliphatic carbocycles. The van der Waals surface area contributed by atoms with Gasteiger partial charge >= 0.3 is 0 Å². The molecular weight excluding hydrogens is 847 g/mol. The number of hydrogen-bond donors (Lipinski definition) is 9. The Hall–Kier alpha value is -1.27. The zero-order chi connectivity index (χ0) is 48.2. The van der Waals surface area contributed by atoms with Gasteiger partial charge in [0.2, 0.25) is 5.91 Å². The first-order chi connectivity index (χ1) is 32.1. The molecule has 2 saturated heterocycles. The van der Waals surface area contributed by atoms with Gasteiger partial charge in [-0.2, -0.15) is 0 Å². The minimum absolute atomic E-state index is 0.251. The van der Waals surface area contributed by atoms with Crippen molar-refractivity contribution in [2.24, 2.45) is 0 Å². The van der Waals surface area contributed by atoms with Gasteiger partial charge < -0.3 is 65.1 Å². The lowest BCUT2D eigenvalue weighted by atomic mass is 9.97. The molecule has 0 aromatic rings. The van der Waals surface area contributed by atoms with Crippen molar-refractivity contribution in [1.29, 1.82) is 0 Å². The highest BCUT2D eigenvalue weighted by Gasteiger charge is 2.51. The number of carbonyl (C=O) groups excluding carboxylic acids is 1. The molecular formula is C52H99NO13. The van der Waals surface area contributed by atoms with Crippen LogP contribution >= 0.6 is 0 Å². The summed E-state index contributed by atoms with van der Waals surface area (Å²) in [5, 5.41) is 86.4. The van der Waals surface area contributed by atoms with E-state index in [-0.39, 0.29) is 18.9 Å². The second-order valence-electron chi connectivity index (χ2n) is 19.4. The number of unbranched alkanes of at least 4 members (excludes halogenated alkanes) is 29. The predicted molar refractivity (Wildman–Crippen MR) is 259 cm³/mol.